The van der Waals surface area contributed by atoms with E-state index in [1.165, 1.54) is 11.3 Å². The van der Waals surface area contributed by atoms with Gasteiger partial charge in [-0.3, -0.25) is 9.59 Å². The molecule has 41 heavy (non-hydrogen) atoms. The molecule has 3 aromatic carbocycles. The molecule has 2 unspecified atom stereocenters. The maximum Gasteiger partial charge on any atom is 0.247 e. The number of hydrogen-bond acceptors (Lipinski definition) is 6. The van der Waals surface area contributed by atoms with Crippen LogP contribution in [-0.4, -0.2) is 34.5 Å². The summed E-state index contributed by atoms with van der Waals surface area (Å²) < 4.78 is 10.9. The zero-order valence-corrected chi connectivity index (χ0v) is 23.4. The van der Waals surface area contributed by atoms with Gasteiger partial charge in [-0.15, -0.1) is 11.3 Å². The van der Waals surface area contributed by atoms with Crippen molar-refractivity contribution in [2.45, 2.75) is 38.3 Å². The van der Waals surface area contributed by atoms with Gasteiger partial charge in [-0.2, -0.15) is 0 Å². The summed E-state index contributed by atoms with van der Waals surface area (Å²) in [6.07, 6.45) is 6.88. The molecule has 1 aromatic heterocycles. The van der Waals surface area contributed by atoms with Crippen LogP contribution in [0.3, 0.4) is 0 Å². The molecule has 7 nitrogen and oxygen atoms in total. The summed E-state index contributed by atoms with van der Waals surface area (Å²) >= 11 is 1.51. The Bertz CT molecular complexity index is 1540. The summed E-state index contributed by atoms with van der Waals surface area (Å²) in [7, 11) is 0. The Morgan fingerprint density at radius 3 is 2.54 bits per heavy atom. The second-order valence-corrected chi connectivity index (χ2v) is 11.2. The molecule has 0 spiro atoms. The van der Waals surface area contributed by atoms with E-state index < -0.39 is 6.04 Å². The number of nitrogens with one attached hydrogen (secondary N) is 1. The highest BCUT2D eigenvalue weighted by Crippen LogP contribution is 2.35. The lowest BCUT2D eigenvalue weighted by molar-refractivity contribution is -0.141. The molecular formula is C33H31N3O4S. The van der Waals surface area contributed by atoms with Crippen molar-refractivity contribution < 1.29 is 19.1 Å². The van der Waals surface area contributed by atoms with E-state index in [-0.39, 0.29) is 37.5 Å². The lowest BCUT2D eigenvalue weighted by atomic mass is 9.85. The van der Waals surface area contributed by atoms with E-state index in [9.17, 15) is 9.59 Å². The summed E-state index contributed by atoms with van der Waals surface area (Å²) in [5.74, 6) is 0.892. The number of hydrogen-bond donors (Lipinski definition) is 1. The molecule has 2 atom stereocenters. The third-order valence-corrected chi connectivity index (χ3v) is 8.28. The van der Waals surface area contributed by atoms with Crippen molar-refractivity contribution in [1.29, 1.82) is 0 Å². The van der Waals surface area contributed by atoms with Crippen molar-refractivity contribution in [3.8, 4) is 22.8 Å². The largest absolute Gasteiger partial charge is 0.454 e. The van der Waals surface area contributed by atoms with Crippen LogP contribution in [0.15, 0.2) is 96.4 Å². The number of ether oxygens (including phenoxy) is 2. The van der Waals surface area contributed by atoms with Crippen LogP contribution in [0.2, 0.25) is 0 Å². The Balaban J connectivity index is 1.32. The van der Waals surface area contributed by atoms with Crippen LogP contribution in [0.5, 0.6) is 11.5 Å². The van der Waals surface area contributed by atoms with Gasteiger partial charge in [0.2, 0.25) is 18.6 Å². The van der Waals surface area contributed by atoms with E-state index in [0.29, 0.717) is 17.2 Å². The summed E-state index contributed by atoms with van der Waals surface area (Å²) in [6.45, 7) is 0.410. The predicted octanol–water partition coefficient (Wildman–Crippen LogP) is 6.47. The Kier molecular flexibility index (Phi) is 8.09. The number of nitrogens with zero attached hydrogens (tertiary/aromatic N) is 2. The second-order valence-electron chi connectivity index (χ2n) is 10.2. The van der Waals surface area contributed by atoms with Gasteiger partial charge in [-0.1, -0.05) is 72.8 Å². The highest BCUT2D eigenvalue weighted by atomic mass is 32.1. The van der Waals surface area contributed by atoms with Gasteiger partial charge >= 0.3 is 0 Å². The third-order valence-electron chi connectivity index (χ3n) is 7.45. The predicted molar refractivity (Wildman–Crippen MR) is 160 cm³/mol. The Labute approximate surface area is 243 Å². The number of fused-ring (bicyclic) bond motifs is 1. The van der Waals surface area contributed by atoms with Gasteiger partial charge < -0.3 is 19.7 Å². The van der Waals surface area contributed by atoms with Crippen molar-refractivity contribution in [3.63, 3.8) is 0 Å². The van der Waals surface area contributed by atoms with E-state index >= 15 is 0 Å². The Hall–Kier alpha value is -4.43. The van der Waals surface area contributed by atoms with Crippen molar-refractivity contribution >= 4 is 28.8 Å². The monoisotopic (exact) mass is 565 g/mol. The normalized spacial score (nSPS) is 16.2. The molecule has 1 aliphatic carbocycles. The number of anilines is 1. The number of carbonyl (C=O) groups is 2. The van der Waals surface area contributed by atoms with Crippen molar-refractivity contribution in [1.82, 2.24) is 9.88 Å². The van der Waals surface area contributed by atoms with Crippen molar-refractivity contribution in [2.75, 3.05) is 12.1 Å². The number of amides is 2. The van der Waals surface area contributed by atoms with E-state index in [0.717, 1.165) is 41.1 Å². The quantitative estimate of drug-likeness (QED) is 0.235. The Morgan fingerprint density at radius 2 is 1.76 bits per heavy atom. The summed E-state index contributed by atoms with van der Waals surface area (Å²) in [4.78, 5) is 34.8. The van der Waals surface area contributed by atoms with Crippen LogP contribution in [0.25, 0.3) is 11.3 Å². The molecule has 2 heterocycles. The van der Waals surface area contributed by atoms with Crippen molar-refractivity contribution in [3.05, 3.63) is 107 Å². The number of rotatable bonds is 9. The molecule has 0 saturated carbocycles. The summed E-state index contributed by atoms with van der Waals surface area (Å²) in [6, 6.07) is 24.3. The van der Waals surface area contributed by atoms with Crippen LogP contribution in [0.1, 0.15) is 29.8 Å². The zero-order valence-electron chi connectivity index (χ0n) is 22.6. The third kappa shape index (κ3) is 6.33. The first-order valence-corrected chi connectivity index (χ1v) is 14.7. The molecule has 0 radical (unpaired) electrons. The minimum absolute atomic E-state index is 0.0257. The molecule has 2 amide bonds. The molecule has 4 aromatic rings. The lowest BCUT2D eigenvalue weighted by Gasteiger charge is -2.36. The van der Waals surface area contributed by atoms with Gasteiger partial charge in [-0.05, 0) is 42.9 Å². The molecular weight excluding hydrogens is 534 g/mol. The average molecular weight is 566 g/mol. The average Bonchev–Trinajstić information content (AvgIpc) is 3.68. The van der Waals surface area contributed by atoms with Crippen LogP contribution in [0, 0.1) is 5.92 Å². The van der Waals surface area contributed by atoms with E-state index in [2.05, 4.69) is 17.5 Å². The highest BCUT2D eigenvalue weighted by molar-refractivity contribution is 7.09. The molecule has 1 N–H and O–H groups in total. The van der Waals surface area contributed by atoms with Crippen molar-refractivity contribution in [2.24, 2.45) is 5.92 Å². The van der Waals surface area contributed by atoms with Crippen LogP contribution in [0.4, 0.5) is 5.69 Å². The summed E-state index contributed by atoms with van der Waals surface area (Å²) in [5, 5.41) is 5.87. The van der Waals surface area contributed by atoms with Gasteiger partial charge in [0.1, 0.15) is 11.0 Å². The van der Waals surface area contributed by atoms with Crippen LogP contribution >= 0.6 is 11.3 Å². The lowest BCUT2D eigenvalue weighted by Crippen LogP contribution is -2.51. The number of carbonyl (C=O) groups excluding carboxylic acids is 2. The molecule has 1 aliphatic heterocycles. The number of benzene rings is 3. The smallest absolute Gasteiger partial charge is 0.247 e. The van der Waals surface area contributed by atoms with Crippen LogP contribution in [-0.2, 0) is 22.6 Å². The molecule has 8 heteroatoms. The van der Waals surface area contributed by atoms with Gasteiger partial charge in [-0.25, -0.2) is 4.98 Å². The van der Waals surface area contributed by atoms with E-state index in [4.69, 9.17) is 14.5 Å². The SMILES string of the molecule is O=C(Nc1ccc2c(c1)OCO2)C(C1CC=CCC1)N(Cc1nc(-c2ccccc2)cs1)C(=O)Cc1ccccc1. The minimum atomic E-state index is -0.675. The zero-order chi connectivity index (χ0) is 28.0. The molecule has 2 aliphatic rings. The maximum atomic E-state index is 14.1. The maximum absolute atomic E-state index is 14.1. The molecule has 0 saturated heterocycles. The second kappa shape index (κ2) is 12.4. The number of allylic oxidation sites excluding steroid dienone is 2. The molecule has 208 valence electrons. The van der Waals surface area contributed by atoms with Crippen LogP contribution < -0.4 is 14.8 Å². The summed E-state index contributed by atoms with van der Waals surface area (Å²) in [5.41, 5.74) is 3.39. The Morgan fingerprint density at radius 1 is 0.976 bits per heavy atom. The fraction of sp³-hybridized carbons (Fsp3) is 0.242. The highest BCUT2D eigenvalue weighted by Gasteiger charge is 2.37. The fourth-order valence-electron chi connectivity index (χ4n) is 5.39. The minimum Gasteiger partial charge on any atom is -0.454 e. The molecule has 0 bridgehead atoms. The fourth-order valence-corrected chi connectivity index (χ4v) is 6.19. The standard InChI is InChI=1S/C33H31N3O4S/c37-31(18-23-10-4-1-5-11-23)36(20-30-35-27(21-41-30)24-12-6-2-7-13-24)32(25-14-8-3-9-15-25)33(38)34-26-16-17-28-29(19-26)40-22-39-28/h1-8,10-13,16-17,19,21,25,32H,9,14-15,18,20,22H2,(H,34,38). The number of aromatic nitrogens is 1. The van der Waals surface area contributed by atoms with Gasteiger partial charge in [0.15, 0.2) is 11.5 Å². The van der Waals surface area contributed by atoms with Gasteiger partial charge in [0.05, 0.1) is 18.7 Å². The van der Waals surface area contributed by atoms with E-state index in [1.54, 1.807) is 23.1 Å². The first-order valence-electron chi connectivity index (χ1n) is 13.8. The number of thiazole rings is 1. The van der Waals surface area contributed by atoms with E-state index in [1.807, 2.05) is 66.0 Å². The van der Waals surface area contributed by atoms with Gasteiger partial charge in [0.25, 0.3) is 0 Å². The topological polar surface area (TPSA) is 80.8 Å². The molecule has 0 fully saturated rings. The first-order chi connectivity index (χ1) is 20.1. The first kappa shape index (κ1) is 26.8. The van der Waals surface area contributed by atoms with Gasteiger partial charge in [0, 0.05) is 22.7 Å². The molecule has 6 rings (SSSR count).